The summed E-state index contributed by atoms with van der Waals surface area (Å²) in [4.78, 5) is 0. The van der Waals surface area contributed by atoms with E-state index in [-0.39, 0.29) is 6.61 Å². The summed E-state index contributed by atoms with van der Waals surface area (Å²) >= 11 is 1.86. The number of thioether (sulfide) groups is 1. The zero-order valence-electron chi connectivity index (χ0n) is 10.7. The number of hydrogen-bond donors (Lipinski definition) is 2. The fraction of sp³-hybridized carbons (Fsp3) is 0.571. The number of rotatable bonds is 8. The summed E-state index contributed by atoms with van der Waals surface area (Å²) in [5, 5.41) is 12.5. The van der Waals surface area contributed by atoms with Crippen LogP contribution in [0.15, 0.2) is 30.3 Å². The van der Waals surface area contributed by atoms with E-state index in [1.54, 1.807) is 0 Å². The molecule has 2 atom stereocenters. The molecule has 2 nitrogen and oxygen atoms in total. The van der Waals surface area contributed by atoms with Crippen LogP contribution in [0.4, 0.5) is 0 Å². The average Bonchev–Trinajstić information content (AvgIpc) is 2.37. The van der Waals surface area contributed by atoms with Crippen LogP contribution in [0.5, 0.6) is 0 Å². The predicted molar refractivity (Wildman–Crippen MR) is 76.5 cm³/mol. The molecule has 17 heavy (non-hydrogen) atoms. The highest BCUT2D eigenvalue weighted by Gasteiger charge is 2.13. The molecule has 96 valence electrons. The first-order chi connectivity index (χ1) is 8.27. The quantitative estimate of drug-likeness (QED) is 0.747. The van der Waals surface area contributed by atoms with Gasteiger partial charge in [0.25, 0.3) is 0 Å². The maximum Gasteiger partial charge on any atom is 0.0431 e. The molecule has 1 aromatic carbocycles. The number of aliphatic hydroxyl groups is 1. The normalized spacial score (nSPS) is 14.5. The minimum Gasteiger partial charge on any atom is -0.396 e. The van der Waals surface area contributed by atoms with Gasteiger partial charge >= 0.3 is 0 Å². The molecular formula is C14H23NOS. The fourth-order valence-electron chi connectivity index (χ4n) is 1.92. The van der Waals surface area contributed by atoms with Gasteiger partial charge in [-0.1, -0.05) is 30.3 Å². The van der Waals surface area contributed by atoms with Crippen molar-refractivity contribution in [2.45, 2.75) is 31.8 Å². The Morgan fingerprint density at radius 2 is 2.00 bits per heavy atom. The third-order valence-corrected chi connectivity index (χ3v) is 3.48. The van der Waals surface area contributed by atoms with Crippen LogP contribution < -0.4 is 5.32 Å². The van der Waals surface area contributed by atoms with E-state index in [2.05, 4.69) is 48.8 Å². The molecule has 0 radical (unpaired) electrons. The van der Waals surface area contributed by atoms with Crippen LogP contribution in [-0.4, -0.2) is 29.8 Å². The average molecular weight is 253 g/mol. The van der Waals surface area contributed by atoms with E-state index < -0.39 is 0 Å². The van der Waals surface area contributed by atoms with E-state index in [1.807, 2.05) is 11.8 Å². The van der Waals surface area contributed by atoms with Gasteiger partial charge in [0.1, 0.15) is 0 Å². The van der Waals surface area contributed by atoms with Gasteiger partial charge in [-0.25, -0.2) is 0 Å². The largest absolute Gasteiger partial charge is 0.396 e. The van der Waals surface area contributed by atoms with E-state index in [1.165, 1.54) is 5.56 Å². The van der Waals surface area contributed by atoms with Crippen LogP contribution in [0.1, 0.15) is 31.4 Å². The SMILES string of the molecule is CSCC(NC(C)CCCO)c1ccccc1. The van der Waals surface area contributed by atoms with Gasteiger partial charge in [0, 0.05) is 24.4 Å². The van der Waals surface area contributed by atoms with E-state index >= 15 is 0 Å². The Morgan fingerprint density at radius 3 is 2.59 bits per heavy atom. The van der Waals surface area contributed by atoms with Crippen LogP contribution in [0.3, 0.4) is 0 Å². The van der Waals surface area contributed by atoms with Crippen LogP contribution >= 0.6 is 11.8 Å². The highest BCUT2D eigenvalue weighted by atomic mass is 32.2. The van der Waals surface area contributed by atoms with Crippen molar-refractivity contribution in [3.8, 4) is 0 Å². The van der Waals surface area contributed by atoms with Crippen LogP contribution in [0.2, 0.25) is 0 Å². The zero-order valence-corrected chi connectivity index (χ0v) is 11.5. The lowest BCUT2D eigenvalue weighted by Gasteiger charge is -2.23. The predicted octanol–water partition coefficient (Wildman–Crippen LogP) is 2.84. The smallest absolute Gasteiger partial charge is 0.0431 e. The molecule has 1 aromatic rings. The van der Waals surface area contributed by atoms with Crippen molar-refractivity contribution >= 4 is 11.8 Å². The molecular weight excluding hydrogens is 230 g/mol. The van der Waals surface area contributed by atoms with Crippen LogP contribution in [-0.2, 0) is 0 Å². The van der Waals surface area contributed by atoms with E-state index in [0.717, 1.165) is 18.6 Å². The van der Waals surface area contributed by atoms with Crippen molar-refractivity contribution in [3.05, 3.63) is 35.9 Å². The second kappa shape index (κ2) is 8.56. The Bertz CT molecular complexity index is 292. The molecule has 0 saturated heterocycles. The highest BCUT2D eigenvalue weighted by Crippen LogP contribution is 2.18. The van der Waals surface area contributed by atoms with Gasteiger partial charge in [0.15, 0.2) is 0 Å². The molecule has 2 unspecified atom stereocenters. The minimum atomic E-state index is 0.282. The first-order valence-electron chi connectivity index (χ1n) is 6.18. The number of nitrogens with one attached hydrogen (secondary N) is 1. The van der Waals surface area contributed by atoms with Gasteiger partial charge in [-0.15, -0.1) is 0 Å². The Morgan fingerprint density at radius 1 is 1.29 bits per heavy atom. The van der Waals surface area contributed by atoms with Crippen molar-refractivity contribution in [1.82, 2.24) is 5.32 Å². The molecule has 0 aliphatic carbocycles. The number of hydrogen-bond acceptors (Lipinski definition) is 3. The lowest BCUT2D eigenvalue weighted by Crippen LogP contribution is -2.32. The van der Waals surface area contributed by atoms with Crippen molar-refractivity contribution in [2.75, 3.05) is 18.6 Å². The maximum absolute atomic E-state index is 8.84. The molecule has 0 aliphatic heterocycles. The summed E-state index contributed by atoms with van der Waals surface area (Å²) < 4.78 is 0. The third-order valence-electron chi connectivity index (χ3n) is 2.82. The summed E-state index contributed by atoms with van der Waals surface area (Å²) in [6, 6.07) is 11.4. The van der Waals surface area contributed by atoms with Gasteiger partial charge in [-0.05, 0) is 31.6 Å². The fourth-order valence-corrected chi connectivity index (χ4v) is 2.54. The zero-order chi connectivity index (χ0) is 12.5. The highest BCUT2D eigenvalue weighted by molar-refractivity contribution is 7.98. The Kier molecular flexibility index (Phi) is 7.33. The topological polar surface area (TPSA) is 32.3 Å². The summed E-state index contributed by atoms with van der Waals surface area (Å²) in [5.74, 6) is 1.08. The number of aliphatic hydroxyl groups excluding tert-OH is 1. The van der Waals surface area contributed by atoms with Crippen molar-refractivity contribution in [1.29, 1.82) is 0 Å². The Balaban J connectivity index is 2.54. The van der Waals surface area contributed by atoms with E-state index in [0.29, 0.717) is 12.1 Å². The Hall–Kier alpha value is -0.510. The van der Waals surface area contributed by atoms with Crippen LogP contribution in [0.25, 0.3) is 0 Å². The van der Waals surface area contributed by atoms with Crippen LogP contribution in [0, 0.1) is 0 Å². The lowest BCUT2D eigenvalue weighted by atomic mass is 10.1. The van der Waals surface area contributed by atoms with Gasteiger partial charge in [-0.2, -0.15) is 11.8 Å². The minimum absolute atomic E-state index is 0.282. The number of benzene rings is 1. The second-order valence-corrected chi connectivity index (χ2v) is 5.26. The maximum atomic E-state index is 8.84. The molecule has 0 saturated carbocycles. The third kappa shape index (κ3) is 5.57. The molecule has 2 N–H and O–H groups in total. The van der Waals surface area contributed by atoms with E-state index in [9.17, 15) is 0 Å². The van der Waals surface area contributed by atoms with Crippen molar-refractivity contribution in [2.24, 2.45) is 0 Å². The molecule has 1 rings (SSSR count). The van der Waals surface area contributed by atoms with E-state index in [4.69, 9.17) is 5.11 Å². The van der Waals surface area contributed by atoms with Gasteiger partial charge in [0.2, 0.25) is 0 Å². The molecule has 0 aliphatic rings. The monoisotopic (exact) mass is 253 g/mol. The molecule has 0 fully saturated rings. The molecule has 0 bridgehead atoms. The summed E-state index contributed by atoms with van der Waals surface area (Å²) in [5.41, 5.74) is 1.35. The molecule has 0 heterocycles. The second-order valence-electron chi connectivity index (χ2n) is 4.35. The first-order valence-corrected chi connectivity index (χ1v) is 7.58. The first kappa shape index (κ1) is 14.6. The summed E-state index contributed by atoms with van der Waals surface area (Å²) in [7, 11) is 0. The lowest BCUT2D eigenvalue weighted by molar-refractivity contribution is 0.274. The standard InChI is InChI=1S/C14H23NOS/c1-12(7-6-10-16)15-14(11-17-2)13-8-4-3-5-9-13/h3-5,8-9,12,14-16H,6-7,10-11H2,1-2H3. The molecule has 0 spiro atoms. The van der Waals surface area contributed by atoms with Crippen molar-refractivity contribution in [3.63, 3.8) is 0 Å². The summed E-state index contributed by atoms with van der Waals surface area (Å²) in [6.07, 6.45) is 4.03. The van der Waals surface area contributed by atoms with Gasteiger partial charge in [-0.3, -0.25) is 0 Å². The van der Waals surface area contributed by atoms with Crippen molar-refractivity contribution < 1.29 is 5.11 Å². The summed E-state index contributed by atoms with van der Waals surface area (Å²) in [6.45, 7) is 2.47. The molecule has 3 heteroatoms. The van der Waals surface area contributed by atoms with Gasteiger partial charge in [0.05, 0.1) is 0 Å². The molecule has 0 amide bonds. The Labute approximate surface area is 109 Å². The molecule has 0 aromatic heterocycles. The van der Waals surface area contributed by atoms with Gasteiger partial charge < -0.3 is 10.4 Å².